The van der Waals surface area contributed by atoms with Crippen molar-refractivity contribution in [3.8, 4) is 0 Å². The van der Waals surface area contributed by atoms with E-state index in [1.807, 2.05) is 28.1 Å². The molecule has 0 aliphatic heterocycles. The number of fused-ring (bicyclic) bond motifs is 1. The van der Waals surface area contributed by atoms with Gasteiger partial charge in [0.25, 0.3) is 0 Å². The summed E-state index contributed by atoms with van der Waals surface area (Å²) < 4.78 is 1.84. The molecule has 3 aromatic rings. The number of nitrogens with two attached hydrogens (primary N) is 1. The third-order valence-electron chi connectivity index (χ3n) is 2.61. The van der Waals surface area contributed by atoms with E-state index in [4.69, 9.17) is 5.73 Å². The normalized spacial score (nSPS) is 11.1. The molecule has 86 valence electrons. The van der Waals surface area contributed by atoms with Gasteiger partial charge in [-0.05, 0) is 5.56 Å². The second kappa shape index (κ2) is 4.27. The Balaban J connectivity index is 1.94. The molecule has 0 atom stereocenters. The highest BCUT2D eigenvalue weighted by molar-refractivity contribution is 7.15. The number of thiazole rings is 1. The lowest BCUT2D eigenvalue weighted by atomic mass is 10.1. The Hall–Kier alpha value is -1.72. The van der Waals surface area contributed by atoms with Crippen molar-refractivity contribution in [2.75, 3.05) is 0 Å². The van der Waals surface area contributed by atoms with E-state index in [9.17, 15) is 0 Å². The predicted molar refractivity (Wildman–Crippen MR) is 68.0 cm³/mol. The third kappa shape index (κ3) is 1.94. The summed E-state index contributed by atoms with van der Waals surface area (Å²) in [6, 6.07) is 10.2. The molecule has 2 N–H and O–H groups in total. The van der Waals surface area contributed by atoms with Gasteiger partial charge in [0.1, 0.15) is 0 Å². The van der Waals surface area contributed by atoms with Crippen LogP contribution in [0.5, 0.6) is 0 Å². The van der Waals surface area contributed by atoms with Crippen molar-refractivity contribution in [3.05, 3.63) is 52.8 Å². The van der Waals surface area contributed by atoms with Gasteiger partial charge in [0.15, 0.2) is 5.82 Å². The third-order valence-corrected chi connectivity index (χ3v) is 3.47. The SMILES string of the molecule is NCc1csc2nc(Cc3ccccc3)nn12. The van der Waals surface area contributed by atoms with Crippen LogP contribution in [0.15, 0.2) is 35.7 Å². The molecule has 3 rings (SSSR count). The summed E-state index contributed by atoms with van der Waals surface area (Å²) in [5.41, 5.74) is 7.87. The highest BCUT2D eigenvalue weighted by atomic mass is 32.1. The van der Waals surface area contributed by atoms with Crippen LogP contribution in [0.4, 0.5) is 0 Å². The molecule has 2 heterocycles. The van der Waals surface area contributed by atoms with Crippen molar-refractivity contribution in [2.45, 2.75) is 13.0 Å². The van der Waals surface area contributed by atoms with Gasteiger partial charge >= 0.3 is 0 Å². The lowest BCUT2D eigenvalue weighted by Gasteiger charge is -1.95. The number of aromatic nitrogens is 3. The fourth-order valence-electron chi connectivity index (χ4n) is 1.76. The van der Waals surface area contributed by atoms with Gasteiger partial charge in [-0.25, -0.2) is 9.50 Å². The van der Waals surface area contributed by atoms with Crippen LogP contribution in [0.3, 0.4) is 0 Å². The first kappa shape index (κ1) is 10.4. The molecule has 17 heavy (non-hydrogen) atoms. The van der Waals surface area contributed by atoms with E-state index in [-0.39, 0.29) is 0 Å². The minimum atomic E-state index is 0.494. The Morgan fingerprint density at radius 3 is 2.82 bits per heavy atom. The van der Waals surface area contributed by atoms with Crippen LogP contribution in [-0.4, -0.2) is 14.6 Å². The van der Waals surface area contributed by atoms with E-state index >= 15 is 0 Å². The van der Waals surface area contributed by atoms with Crippen molar-refractivity contribution in [1.29, 1.82) is 0 Å². The maximum Gasteiger partial charge on any atom is 0.212 e. The maximum atomic E-state index is 5.64. The van der Waals surface area contributed by atoms with Gasteiger partial charge in [-0.2, -0.15) is 0 Å². The fourth-order valence-corrected chi connectivity index (χ4v) is 2.61. The molecule has 0 spiro atoms. The molecule has 0 saturated heterocycles. The molecule has 0 aliphatic rings. The smallest absolute Gasteiger partial charge is 0.212 e. The lowest BCUT2D eigenvalue weighted by molar-refractivity contribution is 0.837. The van der Waals surface area contributed by atoms with Crippen molar-refractivity contribution >= 4 is 16.3 Å². The first-order valence-corrected chi connectivity index (χ1v) is 6.31. The maximum absolute atomic E-state index is 5.64. The standard InChI is InChI=1S/C12H12N4S/c13-7-10-8-17-12-14-11(15-16(10)12)6-9-4-2-1-3-5-9/h1-5,8H,6-7,13H2. The summed E-state index contributed by atoms with van der Waals surface area (Å²) >= 11 is 1.58. The van der Waals surface area contributed by atoms with E-state index in [2.05, 4.69) is 22.2 Å². The molecule has 0 bridgehead atoms. The van der Waals surface area contributed by atoms with E-state index in [0.717, 1.165) is 22.9 Å². The lowest BCUT2D eigenvalue weighted by Crippen LogP contribution is -2.01. The zero-order valence-electron chi connectivity index (χ0n) is 9.21. The Labute approximate surface area is 103 Å². The number of nitrogens with zero attached hydrogens (tertiary/aromatic N) is 3. The molecule has 0 saturated carbocycles. The second-order valence-corrected chi connectivity index (χ2v) is 4.65. The Bertz CT molecular complexity index is 626. The van der Waals surface area contributed by atoms with Crippen LogP contribution in [0, 0.1) is 0 Å². The average molecular weight is 244 g/mol. The first-order valence-electron chi connectivity index (χ1n) is 5.43. The molecular weight excluding hydrogens is 232 g/mol. The predicted octanol–water partition coefficient (Wildman–Crippen LogP) is 1.84. The van der Waals surface area contributed by atoms with Gasteiger partial charge in [0, 0.05) is 18.3 Å². The van der Waals surface area contributed by atoms with E-state index in [0.29, 0.717) is 6.54 Å². The molecule has 0 radical (unpaired) electrons. The largest absolute Gasteiger partial charge is 0.325 e. The molecule has 0 fully saturated rings. The molecule has 0 unspecified atom stereocenters. The average Bonchev–Trinajstić information content (AvgIpc) is 2.89. The number of benzene rings is 1. The van der Waals surface area contributed by atoms with Gasteiger partial charge in [-0.15, -0.1) is 16.4 Å². The van der Waals surface area contributed by atoms with Gasteiger partial charge in [0.2, 0.25) is 4.96 Å². The minimum absolute atomic E-state index is 0.494. The van der Waals surface area contributed by atoms with Crippen LogP contribution < -0.4 is 5.73 Å². The molecule has 0 amide bonds. The van der Waals surface area contributed by atoms with Crippen LogP contribution in [-0.2, 0) is 13.0 Å². The van der Waals surface area contributed by atoms with Gasteiger partial charge in [-0.3, -0.25) is 0 Å². The summed E-state index contributed by atoms with van der Waals surface area (Å²) in [4.78, 5) is 5.40. The number of rotatable bonds is 3. The monoisotopic (exact) mass is 244 g/mol. The minimum Gasteiger partial charge on any atom is -0.325 e. The summed E-state index contributed by atoms with van der Waals surface area (Å²) in [7, 11) is 0. The van der Waals surface area contributed by atoms with E-state index in [1.165, 1.54) is 5.56 Å². The van der Waals surface area contributed by atoms with Gasteiger partial charge in [0.05, 0.1) is 5.69 Å². The van der Waals surface area contributed by atoms with Crippen molar-refractivity contribution in [3.63, 3.8) is 0 Å². The van der Waals surface area contributed by atoms with Crippen molar-refractivity contribution in [2.24, 2.45) is 5.73 Å². The Kier molecular flexibility index (Phi) is 2.62. The number of hydrogen-bond donors (Lipinski definition) is 1. The topological polar surface area (TPSA) is 56.2 Å². The van der Waals surface area contributed by atoms with Crippen LogP contribution in [0.25, 0.3) is 4.96 Å². The summed E-state index contributed by atoms with van der Waals surface area (Å²) in [6.07, 6.45) is 0.763. The molecule has 4 nitrogen and oxygen atoms in total. The Morgan fingerprint density at radius 1 is 1.24 bits per heavy atom. The van der Waals surface area contributed by atoms with Crippen LogP contribution in [0.1, 0.15) is 17.1 Å². The molecule has 1 aromatic carbocycles. The van der Waals surface area contributed by atoms with Gasteiger partial charge < -0.3 is 5.73 Å². The van der Waals surface area contributed by atoms with Crippen molar-refractivity contribution in [1.82, 2.24) is 14.6 Å². The second-order valence-electron chi connectivity index (χ2n) is 3.82. The van der Waals surface area contributed by atoms with Gasteiger partial charge in [-0.1, -0.05) is 30.3 Å². The Morgan fingerprint density at radius 2 is 2.06 bits per heavy atom. The quantitative estimate of drug-likeness (QED) is 0.765. The molecule has 5 heteroatoms. The molecular formula is C12H12N4S. The summed E-state index contributed by atoms with van der Waals surface area (Å²) in [5.74, 6) is 0.845. The van der Waals surface area contributed by atoms with Crippen LogP contribution in [0.2, 0.25) is 0 Å². The van der Waals surface area contributed by atoms with Crippen LogP contribution >= 0.6 is 11.3 Å². The highest BCUT2D eigenvalue weighted by Gasteiger charge is 2.08. The van der Waals surface area contributed by atoms with E-state index < -0.39 is 0 Å². The zero-order chi connectivity index (χ0) is 11.7. The van der Waals surface area contributed by atoms with Crippen molar-refractivity contribution < 1.29 is 0 Å². The number of hydrogen-bond acceptors (Lipinski definition) is 4. The van der Waals surface area contributed by atoms with E-state index in [1.54, 1.807) is 11.3 Å². The summed E-state index contributed by atoms with van der Waals surface area (Å²) in [6.45, 7) is 0.494. The molecule has 0 aliphatic carbocycles. The molecule has 2 aromatic heterocycles. The highest BCUT2D eigenvalue weighted by Crippen LogP contribution is 2.15. The fraction of sp³-hybridized carbons (Fsp3) is 0.167. The zero-order valence-corrected chi connectivity index (χ0v) is 10.0. The summed E-state index contributed by atoms with van der Waals surface area (Å²) in [5, 5.41) is 6.48. The first-order chi connectivity index (χ1) is 8.36.